The van der Waals surface area contributed by atoms with E-state index in [4.69, 9.17) is 4.84 Å². The Morgan fingerprint density at radius 3 is 3.08 bits per heavy atom. The van der Waals surface area contributed by atoms with Crippen LogP contribution in [-0.2, 0) is 0 Å². The first kappa shape index (κ1) is 7.78. The summed E-state index contributed by atoms with van der Waals surface area (Å²) in [6.45, 7) is 0. The van der Waals surface area contributed by atoms with E-state index < -0.39 is 0 Å². The van der Waals surface area contributed by atoms with E-state index >= 15 is 0 Å². The van der Waals surface area contributed by atoms with Gasteiger partial charge in [0.25, 0.3) is 0 Å². The molecule has 0 fully saturated rings. The zero-order chi connectivity index (χ0) is 9.26. The van der Waals surface area contributed by atoms with E-state index in [2.05, 4.69) is 19.9 Å². The fraction of sp³-hybridized carbons (Fsp3) is 0.286. The first-order valence-corrected chi connectivity index (χ1v) is 3.75. The normalized spacial score (nSPS) is 12.3. The van der Waals surface area contributed by atoms with Crippen LogP contribution in [0.1, 0.15) is 0 Å². The molecule has 0 saturated heterocycles. The van der Waals surface area contributed by atoms with Crippen molar-refractivity contribution in [2.24, 2.45) is 4.99 Å². The number of hydrogen-bond acceptors (Lipinski definition) is 4. The Morgan fingerprint density at radius 2 is 2.38 bits per heavy atom. The van der Waals surface area contributed by atoms with Crippen LogP contribution in [-0.4, -0.2) is 33.8 Å². The van der Waals surface area contributed by atoms with Crippen molar-refractivity contribution in [2.75, 3.05) is 14.2 Å². The van der Waals surface area contributed by atoms with E-state index in [1.807, 2.05) is 0 Å². The van der Waals surface area contributed by atoms with E-state index in [9.17, 15) is 0 Å². The quantitative estimate of drug-likeness (QED) is 0.632. The number of imidazole rings is 1. The van der Waals surface area contributed by atoms with Crippen molar-refractivity contribution >= 4 is 11.2 Å². The van der Waals surface area contributed by atoms with E-state index in [1.165, 1.54) is 11.1 Å². The largest absolute Gasteiger partial charge is 0.414 e. The third kappa shape index (κ3) is 1.07. The van der Waals surface area contributed by atoms with E-state index in [0.29, 0.717) is 11.1 Å². The molecule has 6 nitrogen and oxygen atoms in total. The molecule has 0 aromatic carbocycles. The van der Waals surface area contributed by atoms with Crippen LogP contribution in [0.25, 0.3) is 11.2 Å². The zero-order valence-corrected chi connectivity index (χ0v) is 7.35. The highest BCUT2D eigenvalue weighted by atomic mass is 16.6. The van der Waals surface area contributed by atoms with Crippen LogP contribution in [0.4, 0.5) is 0 Å². The maximum absolute atomic E-state index is 5.02. The van der Waals surface area contributed by atoms with Crippen LogP contribution in [0.3, 0.4) is 0 Å². The van der Waals surface area contributed by atoms with Gasteiger partial charge in [-0.3, -0.25) is 4.99 Å². The van der Waals surface area contributed by atoms with Crippen molar-refractivity contribution in [1.29, 1.82) is 0 Å². The number of nitrogens with zero attached hydrogens (tertiary/aromatic N) is 4. The molecule has 2 heterocycles. The number of rotatable bonds is 1. The molecule has 0 unspecified atom stereocenters. The Hall–Kier alpha value is -1.85. The lowest BCUT2D eigenvalue weighted by atomic mass is 10.5. The van der Waals surface area contributed by atoms with Crippen molar-refractivity contribution in [3.63, 3.8) is 0 Å². The molecule has 0 saturated carbocycles. The minimum atomic E-state index is 0.626. The maximum atomic E-state index is 5.02. The smallest absolute Gasteiger partial charge is 0.199 e. The monoisotopic (exact) mass is 179 g/mol. The molecule has 2 rings (SSSR count). The summed E-state index contributed by atoms with van der Waals surface area (Å²) >= 11 is 0. The number of aromatic amines is 1. The van der Waals surface area contributed by atoms with Gasteiger partial charge in [-0.05, 0) is 0 Å². The summed E-state index contributed by atoms with van der Waals surface area (Å²) in [5, 5.41) is 0. The van der Waals surface area contributed by atoms with E-state index in [1.54, 1.807) is 20.5 Å². The van der Waals surface area contributed by atoms with Gasteiger partial charge in [-0.15, -0.1) is 0 Å². The first-order valence-electron chi connectivity index (χ1n) is 3.75. The van der Waals surface area contributed by atoms with Gasteiger partial charge < -0.3 is 9.82 Å². The lowest BCUT2D eigenvalue weighted by molar-refractivity contribution is 0.172. The molecule has 0 spiro atoms. The lowest BCUT2D eigenvalue weighted by Crippen LogP contribution is -2.17. The molecule has 0 radical (unpaired) electrons. The molecular formula is C7H9N5O. The maximum Gasteiger partial charge on any atom is 0.199 e. The minimum Gasteiger partial charge on any atom is -0.414 e. The highest BCUT2D eigenvalue weighted by Crippen LogP contribution is 1.99. The van der Waals surface area contributed by atoms with Crippen LogP contribution in [0.2, 0.25) is 0 Å². The molecule has 13 heavy (non-hydrogen) atoms. The molecule has 0 aliphatic carbocycles. The van der Waals surface area contributed by atoms with Gasteiger partial charge in [0.05, 0.1) is 6.33 Å². The lowest BCUT2D eigenvalue weighted by Gasteiger charge is -2.02. The Labute approximate surface area is 73.9 Å². The highest BCUT2D eigenvalue weighted by Gasteiger charge is 2.03. The van der Waals surface area contributed by atoms with Gasteiger partial charge in [0.1, 0.15) is 19.0 Å². The molecule has 0 bridgehead atoms. The van der Waals surface area contributed by atoms with Gasteiger partial charge in [0.2, 0.25) is 0 Å². The molecule has 0 atom stereocenters. The molecule has 2 aromatic heterocycles. The molecule has 68 valence electrons. The van der Waals surface area contributed by atoms with Gasteiger partial charge in [-0.25, -0.2) is 9.97 Å². The van der Waals surface area contributed by atoms with Crippen LogP contribution < -0.4 is 10.3 Å². The third-order valence-corrected chi connectivity index (χ3v) is 1.75. The van der Waals surface area contributed by atoms with Gasteiger partial charge in [-0.1, -0.05) is 0 Å². The molecule has 0 aliphatic rings. The molecule has 2 aromatic rings. The molecule has 0 aliphatic heterocycles. The SMILES string of the molecule is CN=c1ncn(OC)c2nc[nH]c12. The summed E-state index contributed by atoms with van der Waals surface area (Å²) in [4.78, 5) is 20.1. The van der Waals surface area contributed by atoms with Crippen molar-refractivity contribution in [3.05, 3.63) is 18.1 Å². The summed E-state index contributed by atoms with van der Waals surface area (Å²) < 4.78 is 1.47. The number of H-pyrrole nitrogens is 1. The summed E-state index contributed by atoms with van der Waals surface area (Å²) in [7, 11) is 3.23. The average molecular weight is 179 g/mol. The standard InChI is InChI=1S/C7H9N5O/c1-8-6-5-7(10-3-9-5)12(13-2)4-11-6/h3-4H,1-2H3,(H,9,10). The summed E-state index contributed by atoms with van der Waals surface area (Å²) in [5.74, 6) is 0. The van der Waals surface area contributed by atoms with E-state index in [-0.39, 0.29) is 0 Å². The molecule has 6 heteroatoms. The number of nitrogens with one attached hydrogen (secondary N) is 1. The molecule has 1 N–H and O–H groups in total. The number of fused-ring (bicyclic) bond motifs is 1. The molecular weight excluding hydrogens is 170 g/mol. The van der Waals surface area contributed by atoms with Gasteiger partial charge >= 0.3 is 0 Å². The average Bonchev–Trinajstić information content (AvgIpc) is 2.64. The van der Waals surface area contributed by atoms with Crippen LogP contribution in [0.5, 0.6) is 0 Å². The predicted molar refractivity (Wildman–Crippen MR) is 45.9 cm³/mol. The minimum absolute atomic E-state index is 0.626. The third-order valence-electron chi connectivity index (χ3n) is 1.75. The Morgan fingerprint density at radius 1 is 1.54 bits per heavy atom. The Kier molecular flexibility index (Phi) is 1.73. The second-order valence-electron chi connectivity index (χ2n) is 2.40. The molecule has 0 amide bonds. The highest BCUT2D eigenvalue weighted by molar-refractivity contribution is 5.67. The van der Waals surface area contributed by atoms with Gasteiger partial charge in [-0.2, -0.15) is 4.73 Å². The number of hydrogen-bond donors (Lipinski definition) is 1. The summed E-state index contributed by atoms with van der Waals surface area (Å²) in [5.41, 5.74) is 2.07. The van der Waals surface area contributed by atoms with Gasteiger partial charge in [0.15, 0.2) is 11.1 Å². The van der Waals surface area contributed by atoms with Crippen molar-refractivity contribution in [1.82, 2.24) is 19.7 Å². The second-order valence-corrected chi connectivity index (χ2v) is 2.40. The summed E-state index contributed by atoms with van der Waals surface area (Å²) in [6.07, 6.45) is 3.11. The topological polar surface area (TPSA) is 68.1 Å². The predicted octanol–water partition coefficient (Wildman–Crippen LogP) is -0.652. The Balaban J connectivity index is 2.90. The van der Waals surface area contributed by atoms with Crippen molar-refractivity contribution in [2.45, 2.75) is 0 Å². The van der Waals surface area contributed by atoms with Crippen molar-refractivity contribution in [3.8, 4) is 0 Å². The van der Waals surface area contributed by atoms with Crippen LogP contribution >= 0.6 is 0 Å². The Bertz CT molecular complexity index is 483. The summed E-state index contributed by atoms with van der Waals surface area (Å²) in [6, 6.07) is 0. The van der Waals surface area contributed by atoms with Crippen LogP contribution in [0, 0.1) is 0 Å². The van der Waals surface area contributed by atoms with Crippen molar-refractivity contribution < 1.29 is 4.84 Å². The van der Waals surface area contributed by atoms with Gasteiger partial charge in [0, 0.05) is 7.05 Å². The fourth-order valence-electron chi connectivity index (χ4n) is 1.15. The van der Waals surface area contributed by atoms with Crippen LogP contribution in [0.15, 0.2) is 17.6 Å². The fourth-order valence-corrected chi connectivity index (χ4v) is 1.15. The first-order chi connectivity index (χ1) is 6.36. The second kappa shape index (κ2) is 2.89. The zero-order valence-electron chi connectivity index (χ0n) is 7.35. The van der Waals surface area contributed by atoms with E-state index in [0.717, 1.165) is 5.52 Å². The number of aromatic nitrogens is 4.